The molecule has 0 fully saturated rings. The van der Waals surface area contributed by atoms with Gasteiger partial charge in [0.05, 0.1) is 26.0 Å². The molecule has 0 aliphatic carbocycles. The molecule has 5 nitrogen and oxygen atoms in total. The fraction of sp³-hybridized carbons (Fsp3) is 0.300. The van der Waals surface area contributed by atoms with Crippen molar-refractivity contribution in [3.05, 3.63) is 59.2 Å². The van der Waals surface area contributed by atoms with E-state index < -0.39 is 0 Å². The number of methoxy groups -OCH3 is 2. The molecule has 130 valence electrons. The van der Waals surface area contributed by atoms with Gasteiger partial charge in [0.25, 0.3) is 0 Å². The lowest BCUT2D eigenvalue weighted by molar-refractivity contribution is -0.130. The average molecular weight is 338 g/mol. The normalized spacial score (nSPS) is 16.6. The smallest absolute Gasteiger partial charge is 0.240 e. The maximum absolute atomic E-state index is 12.1. The number of carbonyl (C=O) groups excluding carboxylic acids is 1. The van der Waals surface area contributed by atoms with E-state index in [0.29, 0.717) is 12.2 Å². The zero-order valence-electron chi connectivity index (χ0n) is 14.9. The van der Waals surface area contributed by atoms with Crippen molar-refractivity contribution in [3.63, 3.8) is 0 Å². The summed E-state index contributed by atoms with van der Waals surface area (Å²) < 4.78 is 10.7. The Bertz CT molecular complexity index is 829. The fourth-order valence-corrected chi connectivity index (χ4v) is 3.14. The van der Waals surface area contributed by atoms with E-state index in [1.807, 2.05) is 43.3 Å². The Kier molecular flexibility index (Phi) is 4.74. The van der Waals surface area contributed by atoms with Gasteiger partial charge >= 0.3 is 0 Å². The molecule has 2 aromatic rings. The van der Waals surface area contributed by atoms with Crippen LogP contribution in [-0.4, -0.2) is 30.8 Å². The maximum Gasteiger partial charge on any atom is 0.240 e. The number of hydrogen-bond acceptors (Lipinski definition) is 4. The van der Waals surface area contributed by atoms with Gasteiger partial charge in [-0.05, 0) is 24.6 Å². The Labute approximate surface area is 147 Å². The largest absolute Gasteiger partial charge is 0.497 e. The molecule has 1 atom stereocenters. The van der Waals surface area contributed by atoms with Gasteiger partial charge in [0, 0.05) is 25.0 Å². The molecular weight excluding hydrogens is 316 g/mol. The third-order valence-electron chi connectivity index (χ3n) is 4.38. The first-order valence-corrected chi connectivity index (χ1v) is 8.19. The van der Waals surface area contributed by atoms with Crippen molar-refractivity contribution in [2.24, 2.45) is 5.10 Å². The highest BCUT2D eigenvalue weighted by molar-refractivity contribution is 6.05. The summed E-state index contributed by atoms with van der Waals surface area (Å²) in [6, 6.07) is 13.7. The molecule has 5 heteroatoms. The summed E-state index contributed by atoms with van der Waals surface area (Å²) in [7, 11) is 3.24. The highest BCUT2D eigenvalue weighted by atomic mass is 16.5. The Morgan fingerprint density at radius 1 is 1.16 bits per heavy atom. The number of ether oxygens (including phenoxy) is 2. The Morgan fingerprint density at radius 2 is 1.96 bits per heavy atom. The zero-order valence-corrected chi connectivity index (χ0v) is 14.9. The number of benzene rings is 2. The van der Waals surface area contributed by atoms with Crippen LogP contribution < -0.4 is 9.47 Å². The van der Waals surface area contributed by atoms with Crippen molar-refractivity contribution in [1.29, 1.82) is 0 Å². The number of rotatable bonds is 4. The second-order valence-electron chi connectivity index (χ2n) is 6.11. The molecule has 3 rings (SSSR count). The number of amides is 1. The number of nitrogens with zero attached hydrogens (tertiary/aromatic N) is 2. The van der Waals surface area contributed by atoms with Crippen molar-refractivity contribution in [2.75, 3.05) is 14.2 Å². The molecule has 0 spiro atoms. The van der Waals surface area contributed by atoms with Gasteiger partial charge in [-0.3, -0.25) is 4.79 Å². The first-order valence-electron chi connectivity index (χ1n) is 8.19. The summed E-state index contributed by atoms with van der Waals surface area (Å²) in [4.78, 5) is 12.1. The fourth-order valence-electron chi connectivity index (χ4n) is 3.14. The van der Waals surface area contributed by atoms with Gasteiger partial charge in [-0.2, -0.15) is 5.10 Å². The molecule has 0 unspecified atom stereocenters. The lowest BCUT2D eigenvalue weighted by Crippen LogP contribution is -2.24. The van der Waals surface area contributed by atoms with Gasteiger partial charge in [0.1, 0.15) is 11.5 Å². The van der Waals surface area contributed by atoms with Gasteiger partial charge in [0.15, 0.2) is 0 Å². The predicted molar refractivity (Wildman–Crippen MR) is 97.1 cm³/mol. The Morgan fingerprint density at radius 3 is 2.60 bits per heavy atom. The third kappa shape index (κ3) is 3.36. The zero-order chi connectivity index (χ0) is 18.0. The second kappa shape index (κ2) is 6.97. The molecule has 1 aliphatic heterocycles. The van der Waals surface area contributed by atoms with Crippen LogP contribution in [0, 0.1) is 6.92 Å². The van der Waals surface area contributed by atoms with E-state index in [1.54, 1.807) is 26.2 Å². The monoisotopic (exact) mass is 338 g/mol. The first-order chi connectivity index (χ1) is 12.0. The topological polar surface area (TPSA) is 51.1 Å². The molecular formula is C20H22N2O3. The molecule has 1 amide bonds. The van der Waals surface area contributed by atoms with E-state index in [1.165, 1.54) is 0 Å². The number of aryl methyl sites for hydroxylation is 1. The van der Waals surface area contributed by atoms with Gasteiger partial charge in [-0.15, -0.1) is 0 Å². The van der Waals surface area contributed by atoms with Crippen LogP contribution >= 0.6 is 0 Å². The summed E-state index contributed by atoms with van der Waals surface area (Å²) >= 11 is 0. The van der Waals surface area contributed by atoms with E-state index in [2.05, 4.69) is 11.2 Å². The number of carbonyl (C=O) groups is 1. The third-order valence-corrected chi connectivity index (χ3v) is 4.38. The lowest BCUT2D eigenvalue weighted by Gasteiger charge is -2.20. The van der Waals surface area contributed by atoms with E-state index in [0.717, 1.165) is 28.2 Å². The van der Waals surface area contributed by atoms with Crippen LogP contribution in [0.5, 0.6) is 11.5 Å². The molecule has 0 saturated carbocycles. The Hall–Kier alpha value is -2.82. The Balaban J connectivity index is 1.99. The summed E-state index contributed by atoms with van der Waals surface area (Å²) in [6.07, 6.45) is 0.645. The van der Waals surface area contributed by atoms with Crippen molar-refractivity contribution < 1.29 is 14.3 Å². The van der Waals surface area contributed by atoms with Gasteiger partial charge in [-0.25, -0.2) is 5.01 Å². The van der Waals surface area contributed by atoms with Crippen LogP contribution in [0.15, 0.2) is 47.6 Å². The molecule has 0 N–H and O–H groups in total. The van der Waals surface area contributed by atoms with Crippen LogP contribution in [0.2, 0.25) is 0 Å². The second-order valence-corrected chi connectivity index (χ2v) is 6.11. The van der Waals surface area contributed by atoms with Crippen molar-refractivity contribution in [3.8, 4) is 11.5 Å². The van der Waals surface area contributed by atoms with Crippen LogP contribution in [0.25, 0.3) is 0 Å². The van der Waals surface area contributed by atoms with E-state index in [9.17, 15) is 4.79 Å². The van der Waals surface area contributed by atoms with Crippen LogP contribution in [0.3, 0.4) is 0 Å². The predicted octanol–water partition coefficient (Wildman–Crippen LogP) is 3.71. The summed E-state index contributed by atoms with van der Waals surface area (Å²) in [5, 5.41) is 6.15. The molecule has 0 radical (unpaired) electrons. The molecule has 1 aliphatic rings. The van der Waals surface area contributed by atoms with Crippen LogP contribution in [-0.2, 0) is 4.79 Å². The minimum atomic E-state index is -0.0980. The molecule has 1 heterocycles. The summed E-state index contributed by atoms with van der Waals surface area (Å²) in [5.41, 5.74) is 3.96. The summed E-state index contributed by atoms with van der Waals surface area (Å²) in [6.45, 7) is 3.59. The summed E-state index contributed by atoms with van der Waals surface area (Å²) in [5.74, 6) is 1.33. The minimum Gasteiger partial charge on any atom is -0.497 e. The van der Waals surface area contributed by atoms with Crippen LogP contribution in [0.1, 0.15) is 36.1 Å². The van der Waals surface area contributed by atoms with Gasteiger partial charge < -0.3 is 9.47 Å². The lowest BCUT2D eigenvalue weighted by atomic mass is 9.97. The number of hydrazone groups is 1. The first kappa shape index (κ1) is 17.0. The van der Waals surface area contributed by atoms with E-state index in [4.69, 9.17) is 9.47 Å². The van der Waals surface area contributed by atoms with E-state index in [-0.39, 0.29) is 11.9 Å². The van der Waals surface area contributed by atoms with Crippen molar-refractivity contribution >= 4 is 11.6 Å². The SMILES string of the molecule is COc1ccc(C2=NN(C(C)=O)[C@@H](c3cccc(C)c3)C2)c(OC)c1. The quantitative estimate of drug-likeness (QED) is 0.854. The average Bonchev–Trinajstić information content (AvgIpc) is 3.06. The molecule has 0 bridgehead atoms. The highest BCUT2D eigenvalue weighted by Gasteiger charge is 2.32. The molecule has 0 saturated heterocycles. The van der Waals surface area contributed by atoms with E-state index >= 15 is 0 Å². The number of hydrogen-bond donors (Lipinski definition) is 0. The van der Waals surface area contributed by atoms with Crippen molar-refractivity contribution in [1.82, 2.24) is 5.01 Å². The molecule has 2 aromatic carbocycles. The van der Waals surface area contributed by atoms with Gasteiger partial charge in [0.2, 0.25) is 5.91 Å². The molecule has 0 aromatic heterocycles. The minimum absolute atomic E-state index is 0.0750. The van der Waals surface area contributed by atoms with Crippen molar-refractivity contribution in [2.45, 2.75) is 26.3 Å². The highest BCUT2D eigenvalue weighted by Crippen LogP contribution is 2.36. The van der Waals surface area contributed by atoms with Crippen LogP contribution in [0.4, 0.5) is 0 Å². The maximum atomic E-state index is 12.1. The molecule has 25 heavy (non-hydrogen) atoms. The standard InChI is InChI=1S/C20H22N2O3/c1-13-6-5-7-15(10-13)19-12-18(21-22(19)14(2)23)17-9-8-16(24-3)11-20(17)25-4/h5-11,19H,12H2,1-4H3/t19-/m1/s1. The van der Waals surface area contributed by atoms with Gasteiger partial charge in [-0.1, -0.05) is 29.8 Å².